The third-order valence-corrected chi connectivity index (χ3v) is 5.29. The minimum Gasteiger partial charge on any atom is -0.406 e. The van der Waals surface area contributed by atoms with Crippen LogP contribution in [0.4, 0.5) is 13.2 Å². The van der Waals surface area contributed by atoms with E-state index in [2.05, 4.69) is 15.0 Å². The zero-order chi connectivity index (χ0) is 21.6. The van der Waals surface area contributed by atoms with E-state index in [9.17, 15) is 23.4 Å². The van der Waals surface area contributed by atoms with Crippen LogP contribution in [0.3, 0.4) is 0 Å². The Balaban J connectivity index is 1.76. The number of hydrogen-bond donors (Lipinski definition) is 3. The molecule has 30 heavy (non-hydrogen) atoms. The lowest BCUT2D eigenvalue weighted by atomic mass is 9.99. The molecule has 0 bridgehead atoms. The van der Waals surface area contributed by atoms with E-state index in [1.54, 1.807) is 0 Å². The highest BCUT2D eigenvalue weighted by Gasteiger charge is 2.31. The van der Waals surface area contributed by atoms with E-state index in [4.69, 9.17) is 0 Å². The molecule has 0 radical (unpaired) electrons. The van der Waals surface area contributed by atoms with E-state index in [-0.39, 0.29) is 18.4 Å². The lowest BCUT2D eigenvalue weighted by Gasteiger charge is -2.32. The average molecular weight is 424 g/mol. The topological polar surface area (TPSA) is 65.0 Å². The van der Waals surface area contributed by atoms with Gasteiger partial charge in [-0.15, -0.1) is 13.2 Å². The summed E-state index contributed by atoms with van der Waals surface area (Å²) in [6.45, 7) is 2.27. The fraction of sp³-hybridized carbons (Fsp3) is 0.455. The van der Waals surface area contributed by atoms with Crippen molar-refractivity contribution >= 4 is 0 Å². The van der Waals surface area contributed by atoms with E-state index >= 15 is 0 Å². The Kier molecular flexibility index (Phi) is 7.71. The Labute approximate surface area is 174 Å². The van der Waals surface area contributed by atoms with Gasteiger partial charge in [-0.25, -0.2) is 0 Å². The number of aliphatic hydroxyl groups excluding tert-OH is 2. The van der Waals surface area contributed by atoms with Crippen LogP contribution in [0.5, 0.6) is 5.75 Å². The minimum atomic E-state index is -4.76. The molecule has 1 fully saturated rings. The predicted molar refractivity (Wildman–Crippen MR) is 107 cm³/mol. The van der Waals surface area contributed by atoms with E-state index in [0.29, 0.717) is 12.1 Å². The molecule has 164 valence electrons. The van der Waals surface area contributed by atoms with Gasteiger partial charge in [0.2, 0.25) is 0 Å². The van der Waals surface area contributed by atoms with Gasteiger partial charge in [0.25, 0.3) is 0 Å². The molecule has 1 aliphatic heterocycles. The van der Waals surface area contributed by atoms with E-state index in [1.807, 2.05) is 30.3 Å². The number of nitrogens with one attached hydrogen (secondary N) is 1. The molecule has 1 saturated heterocycles. The van der Waals surface area contributed by atoms with Crippen molar-refractivity contribution in [3.8, 4) is 5.75 Å². The molecular weight excluding hydrogens is 397 g/mol. The number of halogens is 3. The molecule has 2 aromatic carbocycles. The van der Waals surface area contributed by atoms with E-state index < -0.39 is 18.5 Å². The predicted octanol–water partition coefficient (Wildman–Crippen LogP) is 3.41. The zero-order valence-corrected chi connectivity index (χ0v) is 16.6. The standard InChI is InChI=1S/C22H27F3N2O3/c23-22(24,25)30-18-10-8-17(9-11-18)21(29)19(14-27-12-4-5-13-27)26-20(15-28)16-6-2-1-3-7-16/h1-3,6-11,19-21,26,28-29H,4-5,12-15H2/t19-,20-,21-/m1/s1. The molecule has 0 amide bonds. The molecule has 1 aliphatic rings. The van der Waals surface area contributed by atoms with Crippen molar-refractivity contribution in [2.45, 2.75) is 37.4 Å². The molecule has 0 aliphatic carbocycles. The van der Waals surface area contributed by atoms with Crippen LogP contribution in [0.25, 0.3) is 0 Å². The molecule has 0 aromatic heterocycles. The van der Waals surface area contributed by atoms with Crippen LogP contribution in [-0.4, -0.2) is 53.8 Å². The Morgan fingerprint density at radius 3 is 2.17 bits per heavy atom. The largest absolute Gasteiger partial charge is 0.573 e. The maximum Gasteiger partial charge on any atom is 0.573 e. The molecule has 5 nitrogen and oxygen atoms in total. The molecule has 2 aromatic rings. The van der Waals surface area contributed by atoms with Gasteiger partial charge in [-0.1, -0.05) is 42.5 Å². The van der Waals surface area contributed by atoms with Crippen LogP contribution >= 0.6 is 0 Å². The maximum absolute atomic E-state index is 12.4. The minimum absolute atomic E-state index is 0.147. The first-order valence-electron chi connectivity index (χ1n) is 10.0. The summed E-state index contributed by atoms with van der Waals surface area (Å²) in [4.78, 5) is 2.24. The number of alkyl halides is 3. The second-order valence-corrected chi connectivity index (χ2v) is 7.49. The SMILES string of the molecule is OC[C@@H](N[C@H](CN1CCCC1)[C@H](O)c1ccc(OC(F)(F)F)cc1)c1ccccc1. The van der Waals surface area contributed by atoms with Crippen molar-refractivity contribution in [3.05, 3.63) is 65.7 Å². The van der Waals surface area contributed by atoms with Crippen molar-refractivity contribution in [2.24, 2.45) is 0 Å². The summed E-state index contributed by atoms with van der Waals surface area (Å²) < 4.78 is 41.1. The van der Waals surface area contributed by atoms with Crippen molar-refractivity contribution in [1.29, 1.82) is 0 Å². The summed E-state index contributed by atoms with van der Waals surface area (Å²) in [5.41, 5.74) is 1.37. The van der Waals surface area contributed by atoms with Gasteiger partial charge in [0.05, 0.1) is 24.8 Å². The van der Waals surface area contributed by atoms with Gasteiger partial charge in [0.15, 0.2) is 0 Å². The number of hydrogen-bond acceptors (Lipinski definition) is 5. The number of nitrogens with zero attached hydrogens (tertiary/aromatic N) is 1. The molecule has 0 saturated carbocycles. The average Bonchev–Trinajstić information content (AvgIpc) is 3.24. The summed E-state index contributed by atoms with van der Waals surface area (Å²) >= 11 is 0. The quantitative estimate of drug-likeness (QED) is 0.576. The fourth-order valence-electron chi connectivity index (χ4n) is 3.78. The molecule has 3 atom stereocenters. The van der Waals surface area contributed by atoms with E-state index in [1.165, 1.54) is 24.3 Å². The molecule has 3 N–H and O–H groups in total. The van der Waals surface area contributed by atoms with Crippen LogP contribution in [-0.2, 0) is 0 Å². The van der Waals surface area contributed by atoms with Gasteiger partial charge in [-0.05, 0) is 49.2 Å². The Morgan fingerprint density at radius 1 is 0.967 bits per heavy atom. The van der Waals surface area contributed by atoms with Crippen LogP contribution in [0.1, 0.15) is 36.1 Å². The second kappa shape index (κ2) is 10.3. The van der Waals surface area contributed by atoms with Gasteiger partial charge in [-0.2, -0.15) is 0 Å². The van der Waals surface area contributed by atoms with Gasteiger partial charge in [0, 0.05) is 6.54 Å². The molecular formula is C22H27F3N2O3. The third-order valence-electron chi connectivity index (χ3n) is 5.29. The number of benzene rings is 2. The zero-order valence-electron chi connectivity index (χ0n) is 16.6. The van der Waals surface area contributed by atoms with Crippen molar-refractivity contribution in [2.75, 3.05) is 26.2 Å². The first-order valence-corrected chi connectivity index (χ1v) is 10.0. The van der Waals surface area contributed by atoms with Crippen molar-refractivity contribution in [1.82, 2.24) is 10.2 Å². The summed E-state index contributed by atoms with van der Waals surface area (Å²) in [5, 5.41) is 24.3. The lowest BCUT2D eigenvalue weighted by Crippen LogP contribution is -2.46. The van der Waals surface area contributed by atoms with Crippen LogP contribution in [0.2, 0.25) is 0 Å². The molecule has 0 unspecified atom stereocenters. The lowest BCUT2D eigenvalue weighted by molar-refractivity contribution is -0.274. The van der Waals surface area contributed by atoms with Crippen LogP contribution in [0, 0.1) is 0 Å². The highest BCUT2D eigenvalue weighted by atomic mass is 19.4. The number of aliphatic hydroxyl groups is 2. The Hall–Kier alpha value is -2.13. The maximum atomic E-state index is 12.4. The highest BCUT2D eigenvalue weighted by Crippen LogP contribution is 2.27. The third kappa shape index (κ3) is 6.43. The second-order valence-electron chi connectivity index (χ2n) is 7.49. The summed E-state index contributed by atoms with van der Waals surface area (Å²) in [5.74, 6) is -0.333. The summed E-state index contributed by atoms with van der Waals surface area (Å²) in [6.07, 6.45) is -3.55. The van der Waals surface area contributed by atoms with Gasteiger partial charge in [-0.3, -0.25) is 0 Å². The molecule has 8 heteroatoms. The Morgan fingerprint density at radius 2 is 1.60 bits per heavy atom. The summed E-state index contributed by atoms with van der Waals surface area (Å²) in [6, 6.07) is 13.9. The highest BCUT2D eigenvalue weighted by molar-refractivity contribution is 5.29. The monoisotopic (exact) mass is 424 g/mol. The molecule has 1 heterocycles. The van der Waals surface area contributed by atoms with Gasteiger partial charge < -0.3 is 25.2 Å². The number of rotatable bonds is 9. The Bertz CT molecular complexity index is 765. The van der Waals surface area contributed by atoms with Gasteiger partial charge in [0.1, 0.15) is 5.75 Å². The van der Waals surface area contributed by atoms with Crippen LogP contribution < -0.4 is 10.1 Å². The normalized spacial score (nSPS) is 18.2. The molecule has 0 spiro atoms. The first-order chi connectivity index (χ1) is 14.4. The van der Waals surface area contributed by atoms with Crippen molar-refractivity contribution < 1.29 is 28.1 Å². The van der Waals surface area contributed by atoms with Gasteiger partial charge >= 0.3 is 6.36 Å². The number of ether oxygens (including phenoxy) is 1. The molecule has 3 rings (SSSR count). The van der Waals surface area contributed by atoms with E-state index in [0.717, 1.165) is 31.5 Å². The first kappa shape index (κ1) is 22.6. The van der Waals surface area contributed by atoms with Crippen LogP contribution in [0.15, 0.2) is 54.6 Å². The number of likely N-dealkylation sites (tertiary alicyclic amines) is 1. The smallest absolute Gasteiger partial charge is 0.406 e. The summed E-state index contributed by atoms with van der Waals surface area (Å²) in [7, 11) is 0. The van der Waals surface area contributed by atoms with Crippen molar-refractivity contribution in [3.63, 3.8) is 0 Å². The fourth-order valence-corrected chi connectivity index (χ4v) is 3.78.